The number of hydrogen-bond acceptors (Lipinski definition) is 9. The van der Waals surface area contributed by atoms with Gasteiger partial charge in [-0.1, -0.05) is 23.1 Å². The second-order valence-electron chi connectivity index (χ2n) is 4.77. The van der Waals surface area contributed by atoms with Crippen LogP contribution < -0.4 is 5.32 Å². The normalized spacial score (nSPS) is 10.8. The number of nitrogens with zero attached hydrogens (tertiary/aromatic N) is 4. The van der Waals surface area contributed by atoms with E-state index in [1.54, 1.807) is 13.8 Å². The molecule has 0 fully saturated rings. The number of ether oxygens (including phenoxy) is 1. The molecule has 0 atom stereocenters. The minimum absolute atomic E-state index is 0.137. The van der Waals surface area contributed by atoms with Gasteiger partial charge in [0.1, 0.15) is 21.7 Å². The number of thioether (sulfide) groups is 1. The molecule has 3 aromatic rings. The molecule has 3 heterocycles. The number of aromatic amines is 1. The lowest BCUT2D eigenvalue weighted by molar-refractivity contribution is -0.113. The molecular formula is C14H14N6O3S2. The SMILES string of the molecule is CCOC(=O)c1sc(NC(=O)CSc2ncnc3nc[nH]c23)nc1C. The van der Waals surface area contributed by atoms with Gasteiger partial charge in [-0.3, -0.25) is 4.79 Å². The molecule has 130 valence electrons. The summed E-state index contributed by atoms with van der Waals surface area (Å²) in [5.41, 5.74) is 1.77. The molecule has 0 unspecified atom stereocenters. The van der Waals surface area contributed by atoms with Gasteiger partial charge in [-0.05, 0) is 13.8 Å². The molecule has 2 N–H and O–H groups in total. The van der Waals surface area contributed by atoms with E-state index in [1.807, 2.05) is 0 Å². The van der Waals surface area contributed by atoms with Crippen LogP contribution in [0, 0.1) is 6.92 Å². The average Bonchev–Trinajstić information content (AvgIpc) is 3.19. The van der Waals surface area contributed by atoms with Gasteiger partial charge < -0.3 is 15.0 Å². The van der Waals surface area contributed by atoms with Crippen molar-refractivity contribution in [2.45, 2.75) is 18.9 Å². The molecule has 0 aliphatic carbocycles. The number of rotatable bonds is 6. The maximum absolute atomic E-state index is 12.1. The van der Waals surface area contributed by atoms with Crippen molar-refractivity contribution in [3.05, 3.63) is 23.2 Å². The summed E-state index contributed by atoms with van der Waals surface area (Å²) in [4.78, 5) is 43.6. The number of hydrogen-bond donors (Lipinski definition) is 2. The number of amides is 1. The highest BCUT2D eigenvalue weighted by molar-refractivity contribution is 8.00. The van der Waals surface area contributed by atoms with Crippen LogP contribution in [0.1, 0.15) is 22.3 Å². The van der Waals surface area contributed by atoms with E-state index in [0.29, 0.717) is 31.9 Å². The number of aryl methyl sites for hydroxylation is 1. The van der Waals surface area contributed by atoms with E-state index < -0.39 is 5.97 Å². The molecule has 11 heteroatoms. The van der Waals surface area contributed by atoms with Crippen LogP contribution in [0.25, 0.3) is 11.2 Å². The summed E-state index contributed by atoms with van der Waals surface area (Å²) in [6, 6.07) is 0. The molecule has 0 spiro atoms. The Bertz CT molecular complexity index is 922. The minimum atomic E-state index is -0.435. The van der Waals surface area contributed by atoms with E-state index in [9.17, 15) is 9.59 Å². The molecule has 25 heavy (non-hydrogen) atoms. The first-order valence-electron chi connectivity index (χ1n) is 7.29. The zero-order valence-electron chi connectivity index (χ0n) is 13.4. The number of nitrogens with one attached hydrogen (secondary N) is 2. The first-order chi connectivity index (χ1) is 12.1. The Morgan fingerprint density at radius 3 is 3.00 bits per heavy atom. The Morgan fingerprint density at radius 2 is 2.20 bits per heavy atom. The van der Waals surface area contributed by atoms with Crippen molar-refractivity contribution in [3.63, 3.8) is 0 Å². The summed E-state index contributed by atoms with van der Waals surface area (Å²) < 4.78 is 4.96. The molecule has 0 saturated carbocycles. The van der Waals surface area contributed by atoms with E-state index >= 15 is 0 Å². The lowest BCUT2D eigenvalue weighted by Crippen LogP contribution is -2.14. The fourth-order valence-corrected chi connectivity index (χ4v) is 3.61. The van der Waals surface area contributed by atoms with Crippen molar-refractivity contribution < 1.29 is 14.3 Å². The van der Waals surface area contributed by atoms with Crippen molar-refractivity contribution in [1.82, 2.24) is 24.9 Å². The molecule has 1 amide bonds. The average molecular weight is 378 g/mol. The number of anilines is 1. The Morgan fingerprint density at radius 1 is 1.36 bits per heavy atom. The number of carbonyl (C=O) groups is 2. The number of aromatic nitrogens is 5. The monoisotopic (exact) mass is 378 g/mol. The zero-order chi connectivity index (χ0) is 17.8. The number of fused-ring (bicyclic) bond motifs is 1. The van der Waals surface area contributed by atoms with Gasteiger partial charge in [0.15, 0.2) is 10.8 Å². The van der Waals surface area contributed by atoms with E-state index in [0.717, 1.165) is 11.3 Å². The quantitative estimate of drug-likeness (QED) is 0.379. The third-order valence-corrected chi connectivity index (χ3v) is 5.07. The van der Waals surface area contributed by atoms with Crippen LogP contribution in [0.3, 0.4) is 0 Å². The molecule has 0 saturated heterocycles. The third kappa shape index (κ3) is 3.94. The fraction of sp³-hybridized carbons (Fsp3) is 0.286. The number of H-pyrrole nitrogens is 1. The zero-order valence-corrected chi connectivity index (χ0v) is 15.0. The van der Waals surface area contributed by atoms with Gasteiger partial charge in [0.05, 0.1) is 24.4 Å². The lowest BCUT2D eigenvalue weighted by atomic mass is 10.4. The summed E-state index contributed by atoms with van der Waals surface area (Å²) in [5, 5.41) is 3.68. The molecule has 0 radical (unpaired) electrons. The molecule has 9 nitrogen and oxygen atoms in total. The highest BCUT2D eigenvalue weighted by Gasteiger charge is 2.18. The molecule has 3 rings (SSSR count). The second-order valence-corrected chi connectivity index (χ2v) is 6.73. The highest BCUT2D eigenvalue weighted by atomic mass is 32.2. The first-order valence-corrected chi connectivity index (χ1v) is 9.10. The molecule has 0 aromatic carbocycles. The van der Waals surface area contributed by atoms with Crippen molar-refractivity contribution in [2.75, 3.05) is 17.7 Å². The van der Waals surface area contributed by atoms with E-state index in [-0.39, 0.29) is 18.3 Å². The minimum Gasteiger partial charge on any atom is -0.462 e. The first kappa shape index (κ1) is 17.3. The topological polar surface area (TPSA) is 123 Å². The lowest BCUT2D eigenvalue weighted by Gasteiger charge is -2.02. The van der Waals surface area contributed by atoms with Gasteiger partial charge in [-0.2, -0.15) is 0 Å². The van der Waals surface area contributed by atoms with Crippen molar-refractivity contribution in [3.8, 4) is 0 Å². The Hall–Kier alpha value is -2.53. The number of thiazole rings is 1. The van der Waals surface area contributed by atoms with Crippen molar-refractivity contribution >= 4 is 51.3 Å². The van der Waals surface area contributed by atoms with Gasteiger partial charge >= 0.3 is 5.97 Å². The largest absolute Gasteiger partial charge is 0.462 e. The van der Waals surface area contributed by atoms with Crippen LogP contribution in [0.2, 0.25) is 0 Å². The summed E-state index contributed by atoms with van der Waals surface area (Å²) in [6.45, 7) is 3.72. The number of esters is 1. The molecule has 0 bridgehead atoms. The maximum Gasteiger partial charge on any atom is 0.350 e. The standard InChI is InChI=1S/C14H14N6O3S2/c1-3-23-13(22)10-7(2)19-14(25-10)20-8(21)4-24-12-9-11(16-5-15-9)17-6-18-12/h5-6H,3-4H2,1-2H3,(H,19,20,21)(H,15,16,17,18). The second kappa shape index (κ2) is 7.57. The molecule has 0 aliphatic rings. The van der Waals surface area contributed by atoms with Gasteiger partial charge in [-0.25, -0.2) is 24.7 Å². The highest BCUT2D eigenvalue weighted by Crippen LogP contribution is 2.25. The van der Waals surface area contributed by atoms with Crippen LogP contribution >= 0.6 is 23.1 Å². The number of imidazole rings is 1. The summed E-state index contributed by atoms with van der Waals surface area (Å²) in [7, 11) is 0. The van der Waals surface area contributed by atoms with E-state index in [4.69, 9.17) is 4.74 Å². The Kier molecular flexibility index (Phi) is 5.24. The Labute approximate surface area is 150 Å². The van der Waals surface area contributed by atoms with Crippen LogP contribution in [0.5, 0.6) is 0 Å². The fourth-order valence-electron chi connectivity index (χ4n) is 1.98. The summed E-state index contributed by atoms with van der Waals surface area (Å²) >= 11 is 2.35. The maximum atomic E-state index is 12.1. The van der Waals surface area contributed by atoms with Crippen molar-refractivity contribution in [1.29, 1.82) is 0 Å². The Balaban J connectivity index is 1.62. The molecule has 3 aromatic heterocycles. The van der Waals surface area contributed by atoms with Gasteiger partial charge in [0, 0.05) is 0 Å². The van der Waals surface area contributed by atoms with Crippen LogP contribution in [-0.4, -0.2) is 49.2 Å². The molecular weight excluding hydrogens is 364 g/mol. The van der Waals surface area contributed by atoms with Crippen molar-refractivity contribution in [2.24, 2.45) is 0 Å². The van der Waals surface area contributed by atoms with Gasteiger partial charge in [0.2, 0.25) is 5.91 Å². The van der Waals surface area contributed by atoms with Crippen LogP contribution in [0.15, 0.2) is 17.7 Å². The predicted octanol–water partition coefficient (Wildman–Crippen LogP) is 2.03. The van der Waals surface area contributed by atoms with Gasteiger partial charge in [0.25, 0.3) is 0 Å². The third-order valence-electron chi connectivity index (χ3n) is 3.03. The number of carbonyl (C=O) groups excluding carboxylic acids is 2. The smallest absolute Gasteiger partial charge is 0.350 e. The van der Waals surface area contributed by atoms with Crippen LogP contribution in [-0.2, 0) is 9.53 Å². The molecule has 0 aliphatic heterocycles. The van der Waals surface area contributed by atoms with Gasteiger partial charge in [-0.15, -0.1) is 0 Å². The predicted molar refractivity (Wildman–Crippen MR) is 93.8 cm³/mol. The van der Waals surface area contributed by atoms with Crippen LogP contribution in [0.4, 0.5) is 5.13 Å². The summed E-state index contributed by atoms with van der Waals surface area (Å²) in [5.74, 6) is -0.547. The van der Waals surface area contributed by atoms with E-state index in [1.165, 1.54) is 24.4 Å². The van der Waals surface area contributed by atoms with E-state index in [2.05, 4.69) is 30.2 Å². The summed E-state index contributed by atoms with van der Waals surface area (Å²) in [6.07, 6.45) is 2.93.